The van der Waals surface area contributed by atoms with Crippen LogP contribution in [0.3, 0.4) is 0 Å². The van der Waals surface area contributed by atoms with Crippen molar-refractivity contribution < 1.29 is 18.0 Å². The fraction of sp³-hybridized carbons (Fsp3) is 0.400. The zero-order valence-electron chi connectivity index (χ0n) is 11.8. The van der Waals surface area contributed by atoms with Crippen LogP contribution in [0.25, 0.3) is 0 Å². The number of nitrogens with one attached hydrogen (secondary N) is 1. The van der Waals surface area contributed by atoms with Crippen LogP contribution in [0.1, 0.15) is 31.4 Å². The lowest BCUT2D eigenvalue weighted by atomic mass is 9.98. The van der Waals surface area contributed by atoms with Crippen molar-refractivity contribution in [1.82, 2.24) is 5.32 Å². The molecular weight excluding hydrogens is 281 g/mol. The van der Waals surface area contributed by atoms with Gasteiger partial charge in [-0.3, -0.25) is 10.1 Å². The Morgan fingerprint density at radius 2 is 1.86 bits per heavy atom. The topological polar surface area (TPSA) is 55.1 Å². The van der Waals surface area contributed by atoms with Crippen molar-refractivity contribution in [2.75, 3.05) is 6.54 Å². The molecule has 6 heteroatoms. The Bertz CT molecular complexity index is 555. The molecule has 0 saturated heterocycles. The summed E-state index contributed by atoms with van der Waals surface area (Å²) in [4.78, 5) is 11.3. The summed E-state index contributed by atoms with van der Waals surface area (Å²) in [7, 11) is 0. The van der Waals surface area contributed by atoms with Crippen molar-refractivity contribution in [2.45, 2.75) is 32.0 Å². The summed E-state index contributed by atoms with van der Waals surface area (Å²) < 4.78 is 37.1. The van der Waals surface area contributed by atoms with Gasteiger partial charge in [-0.15, -0.1) is 0 Å². The van der Waals surface area contributed by atoms with Crippen LogP contribution in [0.15, 0.2) is 24.3 Å². The quantitative estimate of drug-likeness (QED) is 0.838. The van der Waals surface area contributed by atoms with E-state index in [1.54, 1.807) is 6.92 Å². The number of carbonyl (C=O) groups excluding carboxylic acids is 1. The Morgan fingerprint density at radius 1 is 1.29 bits per heavy atom. The maximum Gasteiger partial charge on any atom is 0.416 e. The Hall–Kier alpha value is -2.00. The first kappa shape index (κ1) is 17.1. The van der Waals surface area contributed by atoms with E-state index in [4.69, 9.17) is 5.73 Å². The Labute approximate surface area is 121 Å². The lowest BCUT2D eigenvalue weighted by Crippen LogP contribution is -2.52. The minimum absolute atomic E-state index is 0.217. The average Bonchev–Trinajstić information content (AvgIpc) is 2.42. The molecule has 0 aliphatic heterocycles. The van der Waals surface area contributed by atoms with E-state index in [0.717, 1.165) is 12.1 Å². The number of primary amides is 1. The number of amides is 1. The largest absolute Gasteiger partial charge is 0.416 e. The summed E-state index contributed by atoms with van der Waals surface area (Å²) in [5.74, 6) is 5.01. The van der Waals surface area contributed by atoms with Crippen LogP contribution >= 0.6 is 0 Å². The molecular formula is C15H17F3N2O. The Kier molecular flexibility index (Phi) is 5.39. The van der Waals surface area contributed by atoms with Crippen LogP contribution in [0, 0.1) is 11.8 Å². The predicted octanol–water partition coefficient (Wildman–Crippen LogP) is 2.30. The predicted molar refractivity (Wildman–Crippen MR) is 74.2 cm³/mol. The van der Waals surface area contributed by atoms with Gasteiger partial charge in [-0.25, -0.2) is 0 Å². The van der Waals surface area contributed by atoms with E-state index in [9.17, 15) is 18.0 Å². The van der Waals surface area contributed by atoms with Crippen molar-refractivity contribution in [1.29, 1.82) is 0 Å². The van der Waals surface area contributed by atoms with Gasteiger partial charge in [-0.2, -0.15) is 13.2 Å². The molecule has 0 fully saturated rings. The van der Waals surface area contributed by atoms with Gasteiger partial charge >= 0.3 is 6.18 Å². The Morgan fingerprint density at radius 3 is 2.29 bits per heavy atom. The maximum atomic E-state index is 12.4. The summed E-state index contributed by atoms with van der Waals surface area (Å²) in [5.41, 5.74) is 4.20. The number of hydrogen-bond donors (Lipinski definition) is 2. The van der Waals surface area contributed by atoms with E-state index in [1.165, 1.54) is 12.1 Å². The first-order chi connectivity index (χ1) is 9.69. The molecule has 0 bridgehead atoms. The summed E-state index contributed by atoms with van der Waals surface area (Å²) in [6, 6.07) is 4.58. The van der Waals surface area contributed by atoms with Gasteiger partial charge < -0.3 is 5.73 Å². The Balaban J connectivity index is 2.66. The van der Waals surface area contributed by atoms with Gasteiger partial charge in [0.25, 0.3) is 0 Å². The second kappa shape index (κ2) is 6.64. The highest BCUT2D eigenvalue weighted by molar-refractivity contribution is 5.84. The van der Waals surface area contributed by atoms with Gasteiger partial charge in [0, 0.05) is 5.56 Å². The van der Waals surface area contributed by atoms with Crippen LogP contribution in [-0.2, 0) is 11.0 Å². The third-order valence-electron chi connectivity index (χ3n) is 3.26. The lowest BCUT2D eigenvalue weighted by Gasteiger charge is -2.24. The van der Waals surface area contributed by atoms with E-state index in [1.807, 2.05) is 6.92 Å². The van der Waals surface area contributed by atoms with Gasteiger partial charge in [-0.05, 0) is 37.6 Å². The van der Waals surface area contributed by atoms with Crippen molar-refractivity contribution >= 4 is 5.91 Å². The van der Waals surface area contributed by atoms with E-state index in [0.29, 0.717) is 12.0 Å². The molecule has 1 amide bonds. The number of alkyl halides is 3. The average molecular weight is 298 g/mol. The molecule has 0 saturated carbocycles. The van der Waals surface area contributed by atoms with Gasteiger partial charge in [-0.1, -0.05) is 18.8 Å². The third-order valence-corrected chi connectivity index (χ3v) is 3.26. The summed E-state index contributed by atoms with van der Waals surface area (Å²) in [6.07, 6.45) is -3.83. The molecule has 1 aromatic carbocycles. The van der Waals surface area contributed by atoms with E-state index < -0.39 is 23.2 Å². The highest BCUT2D eigenvalue weighted by Crippen LogP contribution is 2.28. The third kappa shape index (κ3) is 4.80. The number of benzene rings is 1. The molecule has 114 valence electrons. The summed E-state index contributed by atoms with van der Waals surface area (Å²) in [5, 5.41) is 2.92. The smallest absolute Gasteiger partial charge is 0.368 e. The monoisotopic (exact) mass is 298 g/mol. The van der Waals surface area contributed by atoms with E-state index in [-0.39, 0.29) is 6.54 Å². The number of carbonyl (C=O) groups is 1. The van der Waals surface area contributed by atoms with Crippen LogP contribution in [0.2, 0.25) is 0 Å². The van der Waals surface area contributed by atoms with Gasteiger partial charge in [0.1, 0.15) is 0 Å². The number of hydrogen-bond acceptors (Lipinski definition) is 2. The van der Waals surface area contributed by atoms with Gasteiger partial charge in [0.15, 0.2) is 0 Å². The van der Waals surface area contributed by atoms with Gasteiger partial charge in [0.05, 0.1) is 17.6 Å². The minimum Gasteiger partial charge on any atom is -0.368 e. The van der Waals surface area contributed by atoms with Crippen LogP contribution in [0.4, 0.5) is 13.2 Å². The normalized spacial score (nSPS) is 14.0. The number of rotatable bonds is 4. The second-order valence-electron chi connectivity index (χ2n) is 4.78. The molecule has 3 nitrogen and oxygen atoms in total. The van der Waals surface area contributed by atoms with Crippen molar-refractivity contribution in [3.63, 3.8) is 0 Å². The molecule has 1 rings (SSSR count). The van der Waals surface area contributed by atoms with E-state index in [2.05, 4.69) is 17.2 Å². The van der Waals surface area contributed by atoms with Gasteiger partial charge in [0.2, 0.25) is 5.91 Å². The van der Waals surface area contributed by atoms with Crippen LogP contribution < -0.4 is 11.1 Å². The fourth-order valence-corrected chi connectivity index (χ4v) is 1.51. The molecule has 21 heavy (non-hydrogen) atoms. The SMILES string of the molecule is CC[C@](C)(NCC#Cc1ccc(C(F)(F)F)cc1)C(N)=O. The first-order valence-electron chi connectivity index (χ1n) is 6.40. The fourth-order valence-electron chi connectivity index (χ4n) is 1.51. The van der Waals surface area contributed by atoms with Crippen LogP contribution in [-0.4, -0.2) is 18.0 Å². The van der Waals surface area contributed by atoms with Crippen molar-refractivity contribution in [2.24, 2.45) is 5.73 Å². The lowest BCUT2D eigenvalue weighted by molar-refractivity contribution is -0.137. The summed E-state index contributed by atoms with van der Waals surface area (Å²) >= 11 is 0. The zero-order valence-corrected chi connectivity index (χ0v) is 11.8. The molecule has 3 N–H and O–H groups in total. The molecule has 1 atom stereocenters. The highest BCUT2D eigenvalue weighted by Gasteiger charge is 2.30. The molecule has 0 unspecified atom stereocenters. The molecule has 0 aliphatic carbocycles. The molecule has 0 radical (unpaired) electrons. The maximum absolute atomic E-state index is 12.4. The molecule has 0 aromatic heterocycles. The first-order valence-corrected chi connectivity index (χ1v) is 6.40. The van der Waals surface area contributed by atoms with Crippen molar-refractivity contribution in [3.8, 4) is 11.8 Å². The van der Waals surface area contributed by atoms with E-state index >= 15 is 0 Å². The molecule has 0 spiro atoms. The molecule has 0 aliphatic rings. The molecule has 0 heterocycles. The van der Waals surface area contributed by atoms with Crippen molar-refractivity contribution in [3.05, 3.63) is 35.4 Å². The molecule has 1 aromatic rings. The minimum atomic E-state index is -4.35. The summed E-state index contributed by atoms with van der Waals surface area (Å²) in [6.45, 7) is 3.71. The standard InChI is InChI=1S/C15H17F3N2O/c1-3-14(2,13(19)21)20-10-4-5-11-6-8-12(9-7-11)15(16,17)18/h6-9,20H,3,10H2,1-2H3,(H2,19,21)/t14-/m0/s1. The highest BCUT2D eigenvalue weighted by atomic mass is 19.4. The van der Waals surface area contributed by atoms with Crippen LogP contribution in [0.5, 0.6) is 0 Å². The number of nitrogens with two attached hydrogens (primary N) is 1. The second-order valence-corrected chi connectivity index (χ2v) is 4.78. The zero-order chi connectivity index (χ0) is 16.1. The number of halogens is 3.